The number of carbonyl (C=O) groups excluding carboxylic acids is 1. The fraction of sp³-hybridized carbons (Fsp3) is 0.289. The lowest BCUT2D eigenvalue weighted by molar-refractivity contribution is -0.268. The smallest absolute Gasteiger partial charge is 0.303 e. The zero-order valence-corrected chi connectivity index (χ0v) is 28.2. The molecule has 0 aliphatic carbocycles. The average molecular weight is 683 g/mol. The summed E-state index contributed by atoms with van der Waals surface area (Å²) >= 11 is 3.40. The number of para-hydroxylation sites is 1. The fourth-order valence-corrected chi connectivity index (χ4v) is 8.05. The standard InChI is InChI=1S/C38H38N2O6S2/c1-24-32(23-47-38-40-31-11-2-3-12-33(31)48-38)45-37(46-36(24)27-17-15-25(22-41)16-18-27)30-10-5-9-29(20-30)28-8-4-7-26(19-28)21-39-34(42)13-6-14-35(43)44/h2-5,7-12,15-20,24,32,36-37,41H,6,13-14,21-23H2,1H3,(H,39,42)(H,43,44)/t24-,32+,36+,37+/m0/s1. The molecule has 48 heavy (non-hydrogen) atoms. The second kappa shape index (κ2) is 15.9. The first-order valence-electron chi connectivity index (χ1n) is 16.0. The number of aliphatic carboxylic acids is 1. The van der Waals surface area contributed by atoms with Crippen molar-refractivity contribution in [2.75, 3.05) is 5.75 Å². The van der Waals surface area contributed by atoms with E-state index < -0.39 is 12.3 Å². The summed E-state index contributed by atoms with van der Waals surface area (Å²) in [5.74, 6) is -0.291. The van der Waals surface area contributed by atoms with Crippen LogP contribution < -0.4 is 5.32 Å². The molecule has 5 aromatic rings. The number of ether oxygens (including phenoxy) is 2. The SMILES string of the molecule is C[C@H]1[C@@H](CSc2nc3ccccc3s2)O[C@@H](c2cccc(-c3cccc(CNC(=O)CCCC(=O)O)c3)c2)O[C@H]1c1ccc(CO)cc1. The summed E-state index contributed by atoms with van der Waals surface area (Å²) in [7, 11) is 0. The maximum atomic E-state index is 12.2. The van der Waals surface area contributed by atoms with E-state index in [1.54, 1.807) is 23.1 Å². The molecule has 0 spiro atoms. The number of rotatable bonds is 13. The van der Waals surface area contributed by atoms with Crippen LogP contribution in [0.1, 0.15) is 60.8 Å². The third kappa shape index (κ3) is 8.50. The van der Waals surface area contributed by atoms with Crippen LogP contribution in [0.3, 0.4) is 0 Å². The van der Waals surface area contributed by atoms with Crippen molar-refractivity contribution in [1.82, 2.24) is 10.3 Å². The van der Waals surface area contributed by atoms with Gasteiger partial charge in [0.05, 0.1) is 29.0 Å². The number of nitrogens with one attached hydrogen (secondary N) is 1. The van der Waals surface area contributed by atoms with Gasteiger partial charge in [0, 0.05) is 36.6 Å². The Hall–Kier alpha value is -4.06. The highest BCUT2D eigenvalue weighted by Crippen LogP contribution is 2.44. The number of nitrogens with zero attached hydrogens (tertiary/aromatic N) is 1. The van der Waals surface area contributed by atoms with Crippen LogP contribution in [0.25, 0.3) is 21.3 Å². The van der Waals surface area contributed by atoms with Crippen molar-refractivity contribution in [3.63, 3.8) is 0 Å². The van der Waals surface area contributed by atoms with E-state index >= 15 is 0 Å². The fourth-order valence-electron chi connectivity index (χ4n) is 5.79. The molecule has 1 amide bonds. The van der Waals surface area contributed by atoms with Crippen molar-refractivity contribution in [2.24, 2.45) is 5.92 Å². The van der Waals surface area contributed by atoms with Gasteiger partial charge in [-0.1, -0.05) is 91.5 Å². The Morgan fingerprint density at radius 2 is 1.65 bits per heavy atom. The van der Waals surface area contributed by atoms with E-state index in [0.717, 1.165) is 49.0 Å². The highest BCUT2D eigenvalue weighted by Gasteiger charge is 2.38. The molecule has 8 nitrogen and oxygen atoms in total. The Bertz CT molecular complexity index is 1830. The van der Waals surface area contributed by atoms with Crippen LogP contribution in [0.15, 0.2) is 101 Å². The van der Waals surface area contributed by atoms with Gasteiger partial charge in [0.15, 0.2) is 10.6 Å². The lowest BCUT2D eigenvalue weighted by Gasteiger charge is -2.41. The van der Waals surface area contributed by atoms with Crippen molar-refractivity contribution >= 4 is 45.2 Å². The number of aromatic nitrogens is 1. The molecule has 0 unspecified atom stereocenters. The second-order valence-corrected chi connectivity index (χ2v) is 14.2. The molecular formula is C38H38N2O6S2. The number of hydrogen-bond acceptors (Lipinski definition) is 8. The van der Waals surface area contributed by atoms with Crippen molar-refractivity contribution in [1.29, 1.82) is 0 Å². The van der Waals surface area contributed by atoms with Crippen LogP contribution in [-0.4, -0.2) is 38.9 Å². The Morgan fingerprint density at radius 3 is 2.42 bits per heavy atom. The molecule has 2 heterocycles. The minimum atomic E-state index is -0.901. The lowest BCUT2D eigenvalue weighted by Crippen LogP contribution is -2.38. The first-order chi connectivity index (χ1) is 23.4. The Labute approximate surface area is 288 Å². The number of hydrogen-bond donors (Lipinski definition) is 3. The van der Waals surface area contributed by atoms with E-state index in [2.05, 4.69) is 24.4 Å². The summed E-state index contributed by atoms with van der Waals surface area (Å²) < 4.78 is 15.6. The van der Waals surface area contributed by atoms with Gasteiger partial charge in [-0.05, 0) is 58.5 Å². The molecule has 0 bridgehead atoms. The largest absolute Gasteiger partial charge is 0.481 e. The number of thioether (sulfide) groups is 1. The maximum Gasteiger partial charge on any atom is 0.303 e. The first-order valence-corrected chi connectivity index (χ1v) is 17.8. The Morgan fingerprint density at radius 1 is 0.875 bits per heavy atom. The predicted octanol–water partition coefficient (Wildman–Crippen LogP) is 7.91. The monoisotopic (exact) mass is 682 g/mol. The van der Waals surface area contributed by atoms with Crippen molar-refractivity contribution in [3.05, 3.63) is 119 Å². The molecule has 1 aromatic heterocycles. The summed E-state index contributed by atoms with van der Waals surface area (Å²) in [5.41, 5.74) is 6.74. The highest BCUT2D eigenvalue weighted by molar-refractivity contribution is 8.01. The third-order valence-electron chi connectivity index (χ3n) is 8.47. The van der Waals surface area contributed by atoms with Gasteiger partial charge < -0.3 is 25.0 Å². The number of fused-ring (bicyclic) bond motifs is 1. The minimum absolute atomic E-state index is 0.0122. The van der Waals surface area contributed by atoms with Crippen LogP contribution in [0.4, 0.5) is 0 Å². The Kier molecular flexibility index (Phi) is 11.2. The van der Waals surface area contributed by atoms with E-state index in [-0.39, 0.29) is 43.5 Å². The highest BCUT2D eigenvalue weighted by atomic mass is 32.2. The van der Waals surface area contributed by atoms with Crippen LogP contribution in [0.5, 0.6) is 0 Å². The predicted molar refractivity (Wildman–Crippen MR) is 189 cm³/mol. The van der Waals surface area contributed by atoms with E-state index in [1.165, 1.54) is 4.70 Å². The van der Waals surface area contributed by atoms with Crippen LogP contribution in [0, 0.1) is 5.92 Å². The van der Waals surface area contributed by atoms with Crippen molar-refractivity contribution in [3.8, 4) is 11.1 Å². The van der Waals surface area contributed by atoms with Gasteiger partial charge in [-0.15, -0.1) is 11.3 Å². The number of carbonyl (C=O) groups is 2. The number of amides is 1. The number of aliphatic hydroxyl groups is 1. The molecule has 0 radical (unpaired) electrons. The molecule has 4 atom stereocenters. The number of benzene rings is 4. The van der Waals surface area contributed by atoms with Gasteiger partial charge in [0.2, 0.25) is 5.91 Å². The second-order valence-electron chi connectivity index (χ2n) is 11.9. The van der Waals surface area contributed by atoms with Gasteiger partial charge in [-0.2, -0.15) is 0 Å². The maximum absolute atomic E-state index is 12.2. The van der Waals surface area contributed by atoms with Crippen molar-refractivity contribution < 1.29 is 29.3 Å². The van der Waals surface area contributed by atoms with Crippen LogP contribution >= 0.6 is 23.1 Å². The van der Waals surface area contributed by atoms with Crippen LogP contribution in [0.2, 0.25) is 0 Å². The molecule has 10 heteroatoms. The molecule has 1 fully saturated rings. The van der Waals surface area contributed by atoms with E-state index in [0.29, 0.717) is 13.0 Å². The number of carboxylic acids is 1. The summed E-state index contributed by atoms with van der Waals surface area (Å²) in [4.78, 5) is 27.8. The van der Waals surface area contributed by atoms with Gasteiger partial charge in [0.25, 0.3) is 0 Å². The van der Waals surface area contributed by atoms with E-state index in [4.69, 9.17) is 19.6 Å². The summed E-state index contributed by atoms with van der Waals surface area (Å²) in [6, 6.07) is 32.3. The topological polar surface area (TPSA) is 118 Å². The van der Waals surface area contributed by atoms with Crippen molar-refractivity contribution in [2.45, 2.75) is 62.2 Å². The summed E-state index contributed by atoms with van der Waals surface area (Å²) in [6.45, 7) is 2.51. The molecule has 4 aromatic carbocycles. The molecule has 248 valence electrons. The zero-order chi connectivity index (χ0) is 33.5. The van der Waals surface area contributed by atoms with Gasteiger partial charge in [0.1, 0.15) is 0 Å². The molecule has 1 aliphatic heterocycles. The average Bonchev–Trinajstić information content (AvgIpc) is 3.53. The van der Waals surface area contributed by atoms with Gasteiger partial charge in [-0.3, -0.25) is 9.59 Å². The molecule has 1 saturated heterocycles. The molecule has 3 N–H and O–H groups in total. The third-order valence-corrected chi connectivity index (χ3v) is 10.7. The Balaban J connectivity index is 1.20. The molecule has 6 rings (SSSR count). The minimum Gasteiger partial charge on any atom is -0.481 e. The first kappa shape index (κ1) is 33.8. The lowest BCUT2D eigenvalue weighted by atomic mass is 9.91. The summed E-state index contributed by atoms with van der Waals surface area (Å²) in [5, 5.41) is 21.3. The molecule has 0 saturated carbocycles. The zero-order valence-electron chi connectivity index (χ0n) is 26.6. The number of thiazole rings is 1. The number of aliphatic hydroxyl groups excluding tert-OH is 1. The normalized spacial score (nSPS) is 19.3. The number of carboxylic acid groups (broad SMARTS) is 1. The summed E-state index contributed by atoms with van der Waals surface area (Å²) in [6.07, 6.45) is -0.461. The van der Waals surface area contributed by atoms with E-state index in [1.807, 2.05) is 84.9 Å². The van der Waals surface area contributed by atoms with E-state index in [9.17, 15) is 14.7 Å². The van der Waals surface area contributed by atoms with Crippen LogP contribution in [-0.2, 0) is 32.2 Å². The molecular weight excluding hydrogens is 645 g/mol. The van der Waals surface area contributed by atoms with Gasteiger partial charge >= 0.3 is 5.97 Å². The quantitative estimate of drug-likeness (QED) is 0.107. The van der Waals surface area contributed by atoms with Gasteiger partial charge in [-0.25, -0.2) is 4.98 Å². The molecule has 1 aliphatic rings.